The summed E-state index contributed by atoms with van der Waals surface area (Å²) >= 11 is 0. The van der Waals surface area contributed by atoms with E-state index < -0.39 is 23.5 Å². The fraction of sp³-hybridized carbons (Fsp3) is 0.250. The number of hydrogen-bond donors (Lipinski definition) is 2. The molecule has 0 saturated carbocycles. The lowest BCUT2D eigenvalue weighted by molar-refractivity contribution is -0.145. The van der Waals surface area contributed by atoms with Gasteiger partial charge in [0.15, 0.2) is 11.5 Å². The van der Waals surface area contributed by atoms with E-state index >= 15 is 0 Å². The van der Waals surface area contributed by atoms with Gasteiger partial charge in [-0.2, -0.15) is 0 Å². The summed E-state index contributed by atoms with van der Waals surface area (Å²) in [6, 6.07) is 9.85. The number of rotatable bonds is 8. The third-order valence-electron chi connectivity index (χ3n) is 5.56. The Labute approximate surface area is 194 Å². The Morgan fingerprint density at radius 1 is 1.09 bits per heavy atom. The van der Waals surface area contributed by atoms with Crippen LogP contribution >= 0.6 is 0 Å². The smallest absolute Gasteiger partial charge is 0.328 e. The number of amides is 1. The number of esters is 1. The summed E-state index contributed by atoms with van der Waals surface area (Å²) < 4.78 is 16.6. The van der Waals surface area contributed by atoms with Gasteiger partial charge >= 0.3 is 5.97 Å². The zero-order valence-electron chi connectivity index (χ0n) is 19.0. The summed E-state index contributed by atoms with van der Waals surface area (Å²) in [6.07, 6.45) is 3.30. The number of fused-ring (bicyclic) bond motifs is 2. The standard InChI is InChI=1S/C24H24N4O6/c1-32-20-9-16-18(10-21(20)33-2)26-13-28(23(16)30)12-22(29)27-19(24(31)34-3)8-14-11-25-17-7-5-4-6-15(14)17/h4-7,9-11,13,19,25H,8,12H2,1-3H3,(H,27,29)/t19-/m0/s1. The molecule has 10 nitrogen and oxygen atoms in total. The number of aromatic amines is 1. The van der Waals surface area contributed by atoms with E-state index in [1.165, 1.54) is 38.3 Å². The molecule has 0 aliphatic carbocycles. The van der Waals surface area contributed by atoms with E-state index in [2.05, 4.69) is 15.3 Å². The largest absolute Gasteiger partial charge is 0.493 e. The predicted octanol–water partition coefficient (Wildman–Crippen LogP) is 1.80. The number of nitrogens with one attached hydrogen (secondary N) is 2. The number of aromatic nitrogens is 3. The first kappa shape index (κ1) is 22.8. The third-order valence-corrected chi connectivity index (χ3v) is 5.56. The van der Waals surface area contributed by atoms with E-state index in [9.17, 15) is 14.4 Å². The van der Waals surface area contributed by atoms with Crippen LogP contribution in [0.5, 0.6) is 11.5 Å². The summed E-state index contributed by atoms with van der Waals surface area (Å²) in [6.45, 7) is -0.322. The molecule has 0 fully saturated rings. The van der Waals surface area contributed by atoms with Crippen LogP contribution in [-0.2, 0) is 27.3 Å². The van der Waals surface area contributed by atoms with Crippen molar-refractivity contribution in [3.05, 3.63) is 64.8 Å². The molecule has 2 N–H and O–H groups in total. The Balaban J connectivity index is 1.56. The second kappa shape index (κ2) is 9.65. The molecule has 0 aliphatic heterocycles. The fourth-order valence-electron chi connectivity index (χ4n) is 3.85. The lowest BCUT2D eigenvalue weighted by atomic mass is 10.0. The molecule has 10 heteroatoms. The molecule has 34 heavy (non-hydrogen) atoms. The molecule has 1 amide bonds. The molecule has 4 rings (SSSR count). The minimum absolute atomic E-state index is 0.226. The Morgan fingerprint density at radius 2 is 1.82 bits per heavy atom. The molecule has 0 unspecified atom stereocenters. The van der Waals surface area contributed by atoms with E-state index in [0.29, 0.717) is 17.0 Å². The van der Waals surface area contributed by atoms with Gasteiger partial charge in [-0.25, -0.2) is 9.78 Å². The van der Waals surface area contributed by atoms with Crippen LogP contribution in [0.2, 0.25) is 0 Å². The number of para-hydroxylation sites is 1. The molecule has 176 valence electrons. The first-order chi connectivity index (χ1) is 16.4. The van der Waals surface area contributed by atoms with Gasteiger partial charge in [-0.15, -0.1) is 0 Å². The SMILES string of the molecule is COC(=O)[C@H](Cc1c[nH]c2ccccc12)NC(=O)Cn1cnc2cc(OC)c(OC)cc2c1=O. The molecule has 2 heterocycles. The normalized spacial score (nSPS) is 11.9. The average Bonchev–Trinajstić information content (AvgIpc) is 3.27. The van der Waals surface area contributed by atoms with Crippen molar-refractivity contribution in [3.63, 3.8) is 0 Å². The van der Waals surface area contributed by atoms with Crippen molar-refractivity contribution in [2.45, 2.75) is 19.0 Å². The van der Waals surface area contributed by atoms with Gasteiger partial charge in [-0.05, 0) is 17.7 Å². The van der Waals surface area contributed by atoms with Crippen molar-refractivity contribution in [2.24, 2.45) is 0 Å². The van der Waals surface area contributed by atoms with Gasteiger partial charge in [0.05, 0.1) is 38.6 Å². The Hall–Kier alpha value is -4.34. The maximum atomic E-state index is 13.0. The lowest BCUT2D eigenvalue weighted by Crippen LogP contribution is -2.45. The van der Waals surface area contributed by atoms with Crippen LogP contribution in [0.15, 0.2) is 53.7 Å². The minimum Gasteiger partial charge on any atom is -0.493 e. The fourth-order valence-corrected chi connectivity index (χ4v) is 3.85. The van der Waals surface area contributed by atoms with Gasteiger partial charge in [-0.3, -0.25) is 14.2 Å². The maximum Gasteiger partial charge on any atom is 0.328 e. The van der Waals surface area contributed by atoms with E-state index in [0.717, 1.165) is 16.5 Å². The van der Waals surface area contributed by atoms with Crippen molar-refractivity contribution >= 4 is 33.7 Å². The number of nitrogens with zero attached hydrogens (tertiary/aromatic N) is 2. The molecule has 0 saturated heterocycles. The highest BCUT2D eigenvalue weighted by atomic mass is 16.5. The zero-order valence-corrected chi connectivity index (χ0v) is 19.0. The van der Waals surface area contributed by atoms with Crippen molar-refractivity contribution in [2.75, 3.05) is 21.3 Å². The second-order valence-electron chi connectivity index (χ2n) is 7.61. The van der Waals surface area contributed by atoms with Gasteiger partial charge < -0.3 is 24.5 Å². The van der Waals surface area contributed by atoms with Crippen LogP contribution in [0.4, 0.5) is 0 Å². The van der Waals surface area contributed by atoms with Crippen LogP contribution in [-0.4, -0.2) is 53.8 Å². The highest BCUT2D eigenvalue weighted by Gasteiger charge is 2.24. The quantitative estimate of drug-likeness (QED) is 0.381. The number of hydrogen-bond acceptors (Lipinski definition) is 7. The number of benzene rings is 2. The molecule has 0 bridgehead atoms. The summed E-state index contributed by atoms with van der Waals surface area (Å²) in [4.78, 5) is 45.5. The Morgan fingerprint density at radius 3 is 2.56 bits per heavy atom. The van der Waals surface area contributed by atoms with Gasteiger partial charge in [0.1, 0.15) is 12.6 Å². The van der Waals surface area contributed by atoms with Crippen LogP contribution in [0, 0.1) is 0 Å². The molecule has 0 aliphatic rings. The predicted molar refractivity (Wildman–Crippen MR) is 125 cm³/mol. The molecule has 0 radical (unpaired) electrons. The monoisotopic (exact) mass is 464 g/mol. The summed E-state index contributed by atoms with van der Waals surface area (Å²) in [7, 11) is 4.21. The summed E-state index contributed by atoms with van der Waals surface area (Å²) in [5.74, 6) is -0.297. The van der Waals surface area contributed by atoms with E-state index in [1.54, 1.807) is 12.3 Å². The van der Waals surface area contributed by atoms with Crippen LogP contribution < -0.4 is 20.3 Å². The number of H-pyrrole nitrogens is 1. The number of methoxy groups -OCH3 is 3. The Kier molecular flexibility index (Phi) is 6.48. The summed E-state index contributed by atoms with van der Waals surface area (Å²) in [5.41, 5.74) is 1.77. The highest BCUT2D eigenvalue weighted by Crippen LogP contribution is 2.29. The lowest BCUT2D eigenvalue weighted by Gasteiger charge is -2.17. The molecule has 2 aromatic carbocycles. The third kappa shape index (κ3) is 4.42. The van der Waals surface area contributed by atoms with Gasteiger partial charge in [0.2, 0.25) is 5.91 Å². The Bertz CT molecular complexity index is 1420. The highest BCUT2D eigenvalue weighted by molar-refractivity contribution is 5.87. The van der Waals surface area contributed by atoms with Gasteiger partial charge in [-0.1, -0.05) is 18.2 Å². The topological polar surface area (TPSA) is 125 Å². The van der Waals surface area contributed by atoms with Crippen molar-refractivity contribution in [1.29, 1.82) is 0 Å². The van der Waals surface area contributed by atoms with Crippen LogP contribution in [0.1, 0.15) is 5.56 Å². The van der Waals surface area contributed by atoms with Crippen LogP contribution in [0.3, 0.4) is 0 Å². The number of carbonyl (C=O) groups excluding carboxylic acids is 2. The molecule has 0 spiro atoms. The number of carbonyl (C=O) groups is 2. The van der Waals surface area contributed by atoms with E-state index in [-0.39, 0.29) is 18.4 Å². The molecular weight excluding hydrogens is 440 g/mol. The maximum absolute atomic E-state index is 13.0. The summed E-state index contributed by atoms with van der Waals surface area (Å²) in [5, 5.41) is 3.90. The second-order valence-corrected chi connectivity index (χ2v) is 7.61. The molecular formula is C24H24N4O6. The first-order valence-electron chi connectivity index (χ1n) is 10.5. The number of ether oxygens (including phenoxy) is 3. The van der Waals surface area contributed by atoms with Gasteiger partial charge in [0.25, 0.3) is 5.56 Å². The van der Waals surface area contributed by atoms with E-state index in [4.69, 9.17) is 14.2 Å². The molecule has 1 atom stereocenters. The zero-order chi connectivity index (χ0) is 24.2. The van der Waals surface area contributed by atoms with Gasteiger partial charge in [0, 0.05) is 29.6 Å². The first-order valence-corrected chi connectivity index (χ1v) is 10.5. The van der Waals surface area contributed by atoms with Crippen molar-refractivity contribution in [1.82, 2.24) is 19.9 Å². The van der Waals surface area contributed by atoms with E-state index in [1.807, 2.05) is 24.3 Å². The van der Waals surface area contributed by atoms with Crippen molar-refractivity contribution < 1.29 is 23.8 Å². The minimum atomic E-state index is -0.926. The van der Waals surface area contributed by atoms with Crippen LogP contribution in [0.25, 0.3) is 21.8 Å². The average molecular weight is 464 g/mol. The van der Waals surface area contributed by atoms with Crippen molar-refractivity contribution in [3.8, 4) is 11.5 Å². The molecule has 4 aromatic rings. The molecule has 2 aromatic heterocycles.